The number of hydrogen-bond acceptors (Lipinski definition) is 3. The van der Waals surface area contributed by atoms with Crippen LogP contribution in [0.1, 0.15) is 0 Å². The number of nitrogens with one attached hydrogen (secondary N) is 1. The highest BCUT2D eigenvalue weighted by atomic mass is 35.5. The predicted molar refractivity (Wildman–Crippen MR) is 61.9 cm³/mol. The fourth-order valence-electron chi connectivity index (χ4n) is 1.42. The molecular formula is C10H8ClN3O2. The average Bonchev–Trinajstić information content (AvgIpc) is 2.81. The fourth-order valence-corrected chi connectivity index (χ4v) is 1.58. The molecule has 0 aliphatic rings. The molecule has 0 amide bonds. The summed E-state index contributed by atoms with van der Waals surface area (Å²) in [5, 5.41) is 10.8. The van der Waals surface area contributed by atoms with E-state index in [1.165, 1.54) is 6.07 Å². The van der Waals surface area contributed by atoms with Gasteiger partial charge in [0.15, 0.2) is 0 Å². The number of hydrogen-bond donors (Lipinski definition) is 1. The average molecular weight is 238 g/mol. The van der Waals surface area contributed by atoms with Crippen LogP contribution in [0.3, 0.4) is 0 Å². The second kappa shape index (κ2) is 4.24. The van der Waals surface area contributed by atoms with Crippen LogP contribution in [-0.2, 0) is 0 Å². The third-order valence-electron chi connectivity index (χ3n) is 2.18. The first kappa shape index (κ1) is 10.5. The molecule has 0 saturated heterocycles. The largest absolute Gasteiger partial charge is 0.324 e. The quantitative estimate of drug-likeness (QED) is 0.507. The minimum Gasteiger partial charge on any atom is -0.324 e. The van der Waals surface area contributed by atoms with Gasteiger partial charge in [-0.2, -0.15) is 0 Å². The molecule has 82 valence electrons. The molecule has 2 aromatic rings. The summed E-state index contributed by atoms with van der Waals surface area (Å²) >= 11 is 5.39. The summed E-state index contributed by atoms with van der Waals surface area (Å²) in [6, 6.07) is 8.47. The zero-order valence-corrected chi connectivity index (χ0v) is 8.89. The lowest BCUT2D eigenvalue weighted by molar-refractivity contribution is -0.383. The number of nitrogens with zero attached hydrogens (tertiary/aromatic N) is 2. The SMILES string of the molecule is O=[N+]([O-])c1cc(-n2cccc2)ccc1NCl. The summed E-state index contributed by atoms with van der Waals surface area (Å²) in [6.45, 7) is 0. The Morgan fingerprint density at radius 2 is 2.00 bits per heavy atom. The first-order valence-electron chi connectivity index (χ1n) is 4.51. The third kappa shape index (κ3) is 1.85. The van der Waals surface area contributed by atoms with Crippen LogP contribution in [0.2, 0.25) is 0 Å². The molecule has 1 heterocycles. The Labute approximate surface area is 96.5 Å². The van der Waals surface area contributed by atoms with Gasteiger partial charge in [0.25, 0.3) is 5.69 Å². The van der Waals surface area contributed by atoms with E-state index >= 15 is 0 Å². The summed E-state index contributed by atoms with van der Waals surface area (Å²) in [7, 11) is 0. The van der Waals surface area contributed by atoms with Crippen LogP contribution in [0.25, 0.3) is 5.69 Å². The van der Waals surface area contributed by atoms with Gasteiger partial charge in [-0.25, -0.2) is 0 Å². The maximum absolute atomic E-state index is 10.8. The zero-order chi connectivity index (χ0) is 11.5. The first-order chi connectivity index (χ1) is 7.72. The van der Waals surface area contributed by atoms with Gasteiger partial charge in [0, 0.05) is 30.2 Å². The predicted octanol–water partition coefficient (Wildman–Crippen LogP) is 2.95. The molecule has 0 unspecified atom stereocenters. The van der Waals surface area contributed by atoms with Crippen molar-refractivity contribution in [2.24, 2.45) is 0 Å². The molecule has 1 N–H and O–H groups in total. The molecule has 0 radical (unpaired) electrons. The Morgan fingerprint density at radius 1 is 1.31 bits per heavy atom. The van der Waals surface area contributed by atoms with Crippen molar-refractivity contribution in [3.63, 3.8) is 0 Å². The van der Waals surface area contributed by atoms with E-state index in [0.717, 1.165) is 0 Å². The number of anilines is 1. The van der Waals surface area contributed by atoms with Crippen molar-refractivity contribution in [2.45, 2.75) is 0 Å². The van der Waals surface area contributed by atoms with Crippen LogP contribution in [0.5, 0.6) is 0 Å². The molecule has 16 heavy (non-hydrogen) atoms. The van der Waals surface area contributed by atoms with Crippen LogP contribution in [0.15, 0.2) is 42.7 Å². The number of rotatable bonds is 3. The molecule has 5 nitrogen and oxygen atoms in total. The lowest BCUT2D eigenvalue weighted by atomic mass is 10.2. The Hall–Kier alpha value is -2.01. The van der Waals surface area contributed by atoms with E-state index in [9.17, 15) is 10.1 Å². The van der Waals surface area contributed by atoms with Gasteiger partial charge in [-0.05, 0) is 24.3 Å². The zero-order valence-electron chi connectivity index (χ0n) is 8.13. The van der Waals surface area contributed by atoms with Crippen LogP contribution < -0.4 is 4.84 Å². The lowest BCUT2D eigenvalue weighted by Crippen LogP contribution is -1.96. The van der Waals surface area contributed by atoms with E-state index in [2.05, 4.69) is 4.84 Å². The molecule has 0 saturated carbocycles. The standard InChI is InChI=1S/C10H8ClN3O2/c11-12-9-4-3-8(7-10(9)14(15)16)13-5-1-2-6-13/h1-7,12H. The van der Waals surface area contributed by atoms with Gasteiger partial charge in [0.1, 0.15) is 5.69 Å². The van der Waals surface area contributed by atoms with Crippen LogP contribution in [0.4, 0.5) is 11.4 Å². The van der Waals surface area contributed by atoms with Gasteiger partial charge in [0.2, 0.25) is 0 Å². The lowest BCUT2D eigenvalue weighted by Gasteiger charge is -2.05. The Balaban J connectivity index is 2.51. The van der Waals surface area contributed by atoms with Crippen molar-refractivity contribution < 1.29 is 4.92 Å². The number of nitro groups is 1. The van der Waals surface area contributed by atoms with Crippen LogP contribution in [0, 0.1) is 10.1 Å². The molecule has 0 fully saturated rings. The second-order valence-corrected chi connectivity index (χ2v) is 3.33. The Morgan fingerprint density at radius 3 is 2.56 bits per heavy atom. The molecule has 0 aliphatic heterocycles. The van der Waals surface area contributed by atoms with Crippen molar-refractivity contribution in [2.75, 3.05) is 4.84 Å². The Kier molecular flexibility index (Phi) is 2.78. The summed E-state index contributed by atoms with van der Waals surface area (Å²) in [6.07, 6.45) is 3.62. The van der Waals surface area contributed by atoms with Crippen LogP contribution >= 0.6 is 11.8 Å². The van der Waals surface area contributed by atoms with Gasteiger partial charge >= 0.3 is 0 Å². The maximum Gasteiger partial charge on any atom is 0.295 e. The number of benzene rings is 1. The highest BCUT2D eigenvalue weighted by molar-refractivity contribution is 6.24. The molecule has 1 aromatic carbocycles. The fraction of sp³-hybridized carbons (Fsp3) is 0. The van der Waals surface area contributed by atoms with Gasteiger partial charge in [0.05, 0.1) is 10.6 Å². The summed E-state index contributed by atoms with van der Waals surface area (Å²) in [4.78, 5) is 12.6. The minimum absolute atomic E-state index is 0.0544. The molecule has 6 heteroatoms. The summed E-state index contributed by atoms with van der Waals surface area (Å²) in [5.41, 5.74) is 0.941. The number of halogens is 1. The topological polar surface area (TPSA) is 60.1 Å². The molecule has 0 spiro atoms. The van der Waals surface area contributed by atoms with Crippen molar-refractivity contribution in [1.82, 2.24) is 4.57 Å². The van der Waals surface area contributed by atoms with Crippen molar-refractivity contribution >= 4 is 23.2 Å². The van der Waals surface area contributed by atoms with E-state index in [1.54, 1.807) is 16.7 Å². The molecular weight excluding hydrogens is 230 g/mol. The second-order valence-electron chi connectivity index (χ2n) is 3.14. The van der Waals surface area contributed by atoms with Crippen molar-refractivity contribution in [3.8, 4) is 5.69 Å². The number of nitro benzene ring substituents is 1. The normalized spacial score (nSPS) is 10.1. The van der Waals surface area contributed by atoms with Gasteiger partial charge < -0.3 is 4.57 Å². The number of aromatic nitrogens is 1. The van der Waals surface area contributed by atoms with E-state index in [1.807, 2.05) is 24.5 Å². The monoisotopic (exact) mass is 237 g/mol. The Bertz CT molecular complexity index is 511. The summed E-state index contributed by atoms with van der Waals surface area (Å²) in [5.74, 6) is 0. The molecule has 0 bridgehead atoms. The molecule has 1 aromatic heterocycles. The first-order valence-corrected chi connectivity index (χ1v) is 4.88. The molecule has 0 atom stereocenters. The van der Waals surface area contributed by atoms with E-state index in [-0.39, 0.29) is 11.4 Å². The van der Waals surface area contributed by atoms with E-state index < -0.39 is 4.92 Å². The smallest absolute Gasteiger partial charge is 0.295 e. The highest BCUT2D eigenvalue weighted by Crippen LogP contribution is 2.27. The van der Waals surface area contributed by atoms with E-state index in [4.69, 9.17) is 11.8 Å². The maximum atomic E-state index is 10.8. The van der Waals surface area contributed by atoms with Gasteiger partial charge in [-0.15, -0.1) is 0 Å². The van der Waals surface area contributed by atoms with Gasteiger partial charge in [-0.3, -0.25) is 15.0 Å². The van der Waals surface area contributed by atoms with Crippen molar-refractivity contribution in [1.29, 1.82) is 0 Å². The van der Waals surface area contributed by atoms with E-state index in [0.29, 0.717) is 5.69 Å². The van der Waals surface area contributed by atoms with Crippen LogP contribution in [-0.4, -0.2) is 9.49 Å². The third-order valence-corrected chi connectivity index (χ3v) is 2.39. The summed E-state index contributed by atoms with van der Waals surface area (Å²) < 4.78 is 1.78. The molecule has 0 aliphatic carbocycles. The highest BCUT2D eigenvalue weighted by Gasteiger charge is 2.14. The van der Waals surface area contributed by atoms with Crippen molar-refractivity contribution in [3.05, 3.63) is 52.8 Å². The molecule has 2 rings (SSSR count). The van der Waals surface area contributed by atoms with Gasteiger partial charge in [-0.1, -0.05) is 0 Å². The minimum atomic E-state index is -0.474.